The van der Waals surface area contributed by atoms with E-state index in [9.17, 15) is 0 Å². The molecule has 5 heteroatoms. The van der Waals surface area contributed by atoms with Crippen LogP contribution in [-0.2, 0) is 6.61 Å². The van der Waals surface area contributed by atoms with Crippen molar-refractivity contribution in [1.82, 2.24) is 9.97 Å². The summed E-state index contributed by atoms with van der Waals surface area (Å²) in [5, 5.41) is 8.93. The zero-order valence-corrected chi connectivity index (χ0v) is 10.3. The van der Waals surface area contributed by atoms with Gasteiger partial charge in [0.2, 0.25) is 0 Å². The zero-order chi connectivity index (χ0) is 13.0. The van der Waals surface area contributed by atoms with Gasteiger partial charge in [0, 0.05) is 23.5 Å². The van der Waals surface area contributed by atoms with Crippen LogP contribution in [0.5, 0.6) is 11.5 Å². The van der Waals surface area contributed by atoms with Gasteiger partial charge in [-0.05, 0) is 18.2 Å². The summed E-state index contributed by atoms with van der Waals surface area (Å²) in [6, 6.07) is 5.47. The predicted molar refractivity (Wildman–Crippen MR) is 66.5 cm³/mol. The number of aromatic nitrogens is 2. The van der Waals surface area contributed by atoms with Crippen molar-refractivity contribution in [1.29, 1.82) is 0 Å². The minimum Gasteiger partial charge on any atom is -0.493 e. The summed E-state index contributed by atoms with van der Waals surface area (Å²) < 4.78 is 10.4. The van der Waals surface area contributed by atoms with Crippen LogP contribution in [0.15, 0.2) is 30.6 Å². The maximum atomic E-state index is 8.93. The Morgan fingerprint density at radius 2 is 1.72 bits per heavy atom. The molecule has 0 atom stereocenters. The molecule has 2 aromatic rings. The average molecular weight is 246 g/mol. The summed E-state index contributed by atoms with van der Waals surface area (Å²) in [5.41, 5.74) is 1.51. The molecule has 0 amide bonds. The van der Waals surface area contributed by atoms with E-state index in [0.717, 1.165) is 5.56 Å². The van der Waals surface area contributed by atoms with E-state index in [1.807, 2.05) is 12.1 Å². The molecule has 0 aliphatic heterocycles. The molecule has 1 aromatic heterocycles. The van der Waals surface area contributed by atoms with Gasteiger partial charge in [-0.3, -0.25) is 0 Å². The fourth-order valence-corrected chi connectivity index (χ4v) is 1.56. The predicted octanol–water partition coefficient (Wildman–Crippen LogP) is 1.65. The topological polar surface area (TPSA) is 64.5 Å². The van der Waals surface area contributed by atoms with E-state index >= 15 is 0 Å². The number of nitrogens with zero attached hydrogens (tertiary/aromatic N) is 2. The molecule has 1 heterocycles. The molecule has 1 aromatic carbocycles. The second-order valence-electron chi connectivity index (χ2n) is 3.64. The number of aliphatic hydroxyl groups is 1. The SMILES string of the molecule is COc1ccc(-c2ncc(CO)cn2)cc1OC. The maximum absolute atomic E-state index is 8.93. The van der Waals surface area contributed by atoms with Gasteiger partial charge < -0.3 is 14.6 Å². The monoisotopic (exact) mass is 246 g/mol. The number of aliphatic hydroxyl groups excluding tert-OH is 1. The first-order valence-corrected chi connectivity index (χ1v) is 5.42. The van der Waals surface area contributed by atoms with Crippen LogP contribution in [0.1, 0.15) is 5.56 Å². The van der Waals surface area contributed by atoms with Crippen molar-refractivity contribution >= 4 is 0 Å². The lowest BCUT2D eigenvalue weighted by Crippen LogP contribution is -1.94. The summed E-state index contributed by atoms with van der Waals surface area (Å²) in [7, 11) is 3.17. The van der Waals surface area contributed by atoms with Crippen LogP contribution in [0.25, 0.3) is 11.4 Å². The lowest BCUT2D eigenvalue weighted by atomic mass is 10.2. The number of rotatable bonds is 4. The van der Waals surface area contributed by atoms with Gasteiger partial charge in [-0.15, -0.1) is 0 Å². The minimum atomic E-state index is -0.0633. The molecule has 0 aliphatic carbocycles. The second-order valence-corrected chi connectivity index (χ2v) is 3.64. The third-order valence-corrected chi connectivity index (χ3v) is 2.53. The van der Waals surface area contributed by atoms with Crippen molar-refractivity contribution in [2.75, 3.05) is 14.2 Å². The molecule has 0 aliphatic rings. The molecular formula is C13H14N2O3. The Balaban J connectivity index is 2.37. The highest BCUT2D eigenvalue weighted by Crippen LogP contribution is 2.30. The Labute approximate surface area is 105 Å². The van der Waals surface area contributed by atoms with Crippen molar-refractivity contribution in [2.24, 2.45) is 0 Å². The Morgan fingerprint density at radius 3 is 2.28 bits per heavy atom. The summed E-state index contributed by atoms with van der Waals surface area (Å²) >= 11 is 0. The molecule has 0 unspecified atom stereocenters. The van der Waals surface area contributed by atoms with Gasteiger partial charge in [0.1, 0.15) is 0 Å². The number of ether oxygens (including phenoxy) is 2. The van der Waals surface area contributed by atoms with Gasteiger partial charge in [0.25, 0.3) is 0 Å². The molecule has 94 valence electrons. The van der Waals surface area contributed by atoms with Gasteiger partial charge in [0.05, 0.1) is 20.8 Å². The number of hydrogen-bond donors (Lipinski definition) is 1. The Morgan fingerprint density at radius 1 is 1.06 bits per heavy atom. The number of benzene rings is 1. The Bertz CT molecular complexity index is 526. The first kappa shape index (κ1) is 12.3. The summed E-state index contributed by atoms with van der Waals surface area (Å²) in [4.78, 5) is 8.37. The van der Waals surface area contributed by atoms with E-state index < -0.39 is 0 Å². The summed E-state index contributed by atoms with van der Waals surface area (Å²) in [6.07, 6.45) is 3.19. The molecule has 0 fully saturated rings. The highest BCUT2D eigenvalue weighted by molar-refractivity contribution is 5.60. The molecule has 5 nitrogen and oxygen atoms in total. The number of methoxy groups -OCH3 is 2. The quantitative estimate of drug-likeness (QED) is 0.888. The van der Waals surface area contributed by atoms with Crippen molar-refractivity contribution in [3.63, 3.8) is 0 Å². The lowest BCUT2D eigenvalue weighted by Gasteiger charge is -2.08. The summed E-state index contributed by atoms with van der Waals surface area (Å²) in [6.45, 7) is -0.0633. The zero-order valence-electron chi connectivity index (χ0n) is 10.3. The van der Waals surface area contributed by atoms with Crippen molar-refractivity contribution < 1.29 is 14.6 Å². The van der Waals surface area contributed by atoms with E-state index in [1.54, 1.807) is 32.7 Å². The van der Waals surface area contributed by atoms with E-state index in [1.165, 1.54) is 0 Å². The van der Waals surface area contributed by atoms with Crippen LogP contribution >= 0.6 is 0 Å². The van der Waals surface area contributed by atoms with Crippen LogP contribution < -0.4 is 9.47 Å². The van der Waals surface area contributed by atoms with Gasteiger partial charge in [-0.25, -0.2) is 9.97 Å². The van der Waals surface area contributed by atoms with Gasteiger partial charge >= 0.3 is 0 Å². The fraction of sp³-hybridized carbons (Fsp3) is 0.231. The van der Waals surface area contributed by atoms with Crippen molar-refractivity contribution in [3.05, 3.63) is 36.2 Å². The molecule has 0 saturated heterocycles. The standard InChI is InChI=1S/C13H14N2O3/c1-17-11-4-3-10(5-12(11)18-2)13-14-6-9(8-16)7-15-13/h3-7,16H,8H2,1-2H3. The van der Waals surface area contributed by atoms with Crippen LogP contribution in [0.2, 0.25) is 0 Å². The fourth-order valence-electron chi connectivity index (χ4n) is 1.56. The molecule has 0 saturated carbocycles. The van der Waals surface area contributed by atoms with Crippen molar-refractivity contribution in [3.8, 4) is 22.9 Å². The molecule has 0 radical (unpaired) electrons. The number of hydrogen-bond acceptors (Lipinski definition) is 5. The van der Waals surface area contributed by atoms with Crippen molar-refractivity contribution in [2.45, 2.75) is 6.61 Å². The van der Waals surface area contributed by atoms with Crippen LogP contribution in [0.4, 0.5) is 0 Å². The molecule has 1 N–H and O–H groups in total. The first-order chi connectivity index (χ1) is 8.78. The molecule has 0 bridgehead atoms. The van der Waals surface area contributed by atoms with Gasteiger partial charge in [-0.2, -0.15) is 0 Å². The largest absolute Gasteiger partial charge is 0.493 e. The van der Waals surface area contributed by atoms with Gasteiger partial charge in [0.15, 0.2) is 17.3 Å². The van der Waals surface area contributed by atoms with Crippen LogP contribution in [-0.4, -0.2) is 29.3 Å². The van der Waals surface area contributed by atoms with E-state index in [2.05, 4.69) is 9.97 Å². The minimum absolute atomic E-state index is 0.0633. The average Bonchev–Trinajstić information content (AvgIpc) is 2.46. The smallest absolute Gasteiger partial charge is 0.161 e. The van der Waals surface area contributed by atoms with E-state index in [-0.39, 0.29) is 6.61 Å². The molecule has 18 heavy (non-hydrogen) atoms. The lowest BCUT2D eigenvalue weighted by molar-refractivity contribution is 0.281. The Kier molecular flexibility index (Phi) is 3.74. The molecule has 0 spiro atoms. The normalized spacial score (nSPS) is 10.2. The third kappa shape index (κ3) is 2.41. The maximum Gasteiger partial charge on any atom is 0.161 e. The Hall–Kier alpha value is -2.14. The van der Waals surface area contributed by atoms with E-state index in [0.29, 0.717) is 22.9 Å². The second kappa shape index (κ2) is 5.46. The van der Waals surface area contributed by atoms with Crippen LogP contribution in [0.3, 0.4) is 0 Å². The highest BCUT2D eigenvalue weighted by Gasteiger charge is 2.07. The molecule has 2 rings (SSSR count). The molecular weight excluding hydrogens is 232 g/mol. The van der Waals surface area contributed by atoms with Crippen LogP contribution in [0, 0.1) is 0 Å². The first-order valence-electron chi connectivity index (χ1n) is 5.42. The van der Waals surface area contributed by atoms with E-state index in [4.69, 9.17) is 14.6 Å². The van der Waals surface area contributed by atoms with Gasteiger partial charge in [-0.1, -0.05) is 0 Å². The highest BCUT2D eigenvalue weighted by atomic mass is 16.5. The third-order valence-electron chi connectivity index (χ3n) is 2.53. The summed E-state index contributed by atoms with van der Waals surface area (Å²) in [5.74, 6) is 1.87.